The van der Waals surface area contributed by atoms with Crippen molar-refractivity contribution in [3.05, 3.63) is 42.1 Å². The average Bonchev–Trinajstić information content (AvgIpc) is 2.57. The summed E-state index contributed by atoms with van der Waals surface area (Å²) in [6, 6.07) is 10.4. The van der Waals surface area contributed by atoms with E-state index < -0.39 is 0 Å². The summed E-state index contributed by atoms with van der Waals surface area (Å²) in [5.41, 5.74) is 1.29. The average molecular weight is 285 g/mol. The van der Waals surface area contributed by atoms with Gasteiger partial charge in [-0.15, -0.1) is 5.10 Å². The highest BCUT2D eigenvalue weighted by atomic mass is 16.5. The molecule has 0 saturated carbocycles. The van der Waals surface area contributed by atoms with Crippen molar-refractivity contribution in [2.45, 2.75) is 6.42 Å². The summed E-state index contributed by atoms with van der Waals surface area (Å²) in [5, 5.41) is 11.3. The smallest absolute Gasteiger partial charge is 0.244 e. The zero-order valence-corrected chi connectivity index (χ0v) is 11.9. The molecule has 0 amide bonds. The van der Waals surface area contributed by atoms with Gasteiger partial charge in [0.25, 0.3) is 0 Å². The Bertz CT molecular complexity index is 557. The lowest BCUT2D eigenvalue weighted by atomic mass is 10.1. The first kappa shape index (κ1) is 13.8. The molecule has 1 N–H and O–H groups in total. The van der Waals surface area contributed by atoms with Crippen LogP contribution in [0.3, 0.4) is 0 Å². The van der Waals surface area contributed by atoms with Crippen LogP contribution in [-0.4, -0.2) is 48.0 Å². The lowest BCUT2D eigenvalue weighted by Gasteiger charge is -2.27. The number of nitrogens with zero attached hydrogens (tertiary/aromatic N) is 4. The van der Waals surface area contributed by atoms with Crippen molar-refractivity contribution >= 4 is 11.8 Å². The van der Waals surface area contributed by atoms with Crippen LogP contribution in [0.15, 0.2) is 36.5 Å². The fraction of sp³-hybridized carbons (Fsp3) is 0.400. The molecule has 0 unspecified atom stereocenters. The predicted molar refractivity (Wildman–Crippen MR) is 81.5 cm³/mol. The molecule has 1 aromatic heterocycles. The van der Waals surface area contributed by atoms with Gasteiger partial charge in [0.1, 0.15) is 0 Å². The maximum absolute atomic E-state index is 5.34. The maximum atomic E-state index is 5.34. The van der Waals surface area contributed by atoms with Crippen molar-refractivity contribution in [2.75, 3.05) is 43.1 Å². The topological polar surface area (TPSA) is 63.2 Å². The van der Waals surface area contributed by atoms with Crippen molar-refractivity contribution in [3.8, 4) is 0 Å². The van der Waals surface area contributed by atoms with Crippen molar-refractivity contribution < 1.29 is 4.74 Å². The van der Waals surface area contributed by atoms with Gasteiger partial charge in [-0.05, 0) is 12.0 Å². The van der Waals surface area contributed by atoms with E-state index >= 15 is 0 Å². The molecule has 0 bridgehead atoms. The van der Waals surface area contributed by atoms with Crippen molar-refractivity contribution in [3.63, 3.8) is 0 Å². The Balaban J connectivity index is 1.55. The Morgan fingerprint density at radius 2 is 1.95 bits per heavy atom. The highest BCUT2D eigenvalue weighted by Crippen LogP contribution is 2.12. The molecule has 21 heavy (non-hydrogen) atoms. The first-order chi connectivity index (χ1) is 10.4. The molecule has 110 valence electrons. The summed E-state index contributed by atoms with van der Waals surface area (Å²) in [5.74, 6) is 1.44. The largest absolute Gasteiger partial charge is 0.378 e. The van der Waals surface area contributed by atoms with E-state index in [1.165, 1.54) is 5.56 Å². The summed E-state index contributed by atoms with van der Waals surface area (Å²) in [6.45, 7) is 3.96. The normalized spacial score (nSPS) is 15.0. The molecule has 0 radical (unpaired) electrons. The van der Waals surface area contributed by atoms with E-state index in [1.807, 2.05) is 18.2 Å². The summed E-state index contributed by atoms with van der Waals surface area (Å²) in [7, 11) is 0. The maximum Gasteiger partial charge on any atom is 0.244 e. The fourth-order valence-corrected chi connectivity index (χ4v) is 2.28. The molecule has 1 aliphatic rings. The summed E-state index contributed by atoms with van der Waals surface area (Å²) < 4.78 is 5.34. The lowest BCUT2D eigenvalue weighted by molar-refractivity contribution is 0.122. The second-order valence-corrected chi connectivity index (χ2v) is 4.90. The molecule has 1 aromatic carbocycles. The minimum atomic E-state index is 0.579. The van der Waals surface area contributed by atoms with Crippen molar-refractivity contribution in [1.29, 1.82) is 0 Å². The number of hydrogen-bond acceptors (Lipinski definition) is 6. The van der Waals surface area contributed by atoms with E-state index in [0.717, 1.165) is 45.1 Å². The number of hydrogen-bond donors (Lipinski definition) is 1. The van der Waals surface area contributed by atoms with Crippen LogP contribution in [0.2, 0.25) is 0 Å². The lowest BCUT2D eigenvalue weighted by Crippen LogP contribution is -2.37. The minimum Gasteiger partial charge on any atom is -0.378 e. The molecular formula is C15H19N5O. The monoisotopic (exact) mass is 285 g/mol. The molecule has 2 aromatic rings. The zero-order chi connectivity index (χ0) is 14.3. The molecule has 6 heteroatoms. The van der Waals surface area contributed by atoms with Crippen LogP contribution in [0, 0.1) is 0 Å². The van der Waals surface area contributed by atoms with Crippen LogP contribution in [0.4, 0.5) is 11.8 Å². The van der Waals surface area contributed by atoms with Crippen LogP contribution in [0.1, 0.15) is 5.56 Å². The van der Waals surface area contributed by atoms with E-state index in [4.69, 9.17) is 4.74 Å². The van der Waals surface area contributed by atoms with E-state index in [2.05, 4.69) is 37.5 Å². The zero-order valence-electron chi connectivity index (χ0n) is 11.9. The molecule has 0 aliphatic carbocycles. The van der Waals surface area contributed by atoms with Crippen LogP contribution >= 0.6 is 0 Å². The number of nitrogens with one attached hydrogen (secondary N) is 1. The van der Waals surface area contributed by atoms with E-state index in [0.29, 0.717) is 5.95 Å². The van der Waals surface area contributed by atoms with Crippen molar-refractivity contribution in [2.24, 2.45) is 0 Å². The minimum absolute atomic E-state index is 0.579. The highest BCUT2D eigenvalue weighted by Gasteiger charge is 2.13. The number of benzene rings is 1. The Kier molecular flexibility index (Phi) is 4.58. The third-order valence-electron chi connectivity index (χ3n) is 3.42. The number of ether oxygens (including phenoxy) is 1. The van der Waals surface area contributed by atoms with Gasteiger partial charge in [0.15, 0.2) is 5.82 Å². The molecule has 1 fully saturated rings. The molecule has 2 heterocycles. The van der Waals surface area contributed by atoms with Gasteiger partial charge in [-0.25, -0.2) is 0 Å². The summed E-state index contributed by atoms with van der Waals surface area (Å²) in [4.78, 5) is 6.68. The number of anilines is 2. The fourth-order valence-electron chi connectivity index (χ4n) is 2.28. The van der Waals surface area contributed by atoms with Crippen LogP contribution in [-0.2, 0) is 11.2 Å². The quantitative estimate of drug-likeness (QED) is 0.895. The van der Waals surface area contributed by atoms with Gasteiger partial charge in [-0.1, -0.05) is 30.3 Å². The number of morpholine rings is 1. The van der Waals surface area contributed by atoms with Gasteiger partial charge in [0.2, 0.25) is 5.95 Å². The Morgan fingerprint density at radius 1 is 1.14 bits per heavy atom. The van der Waals surface area contributed by atoms with Crippen LogP contribution < -0.4 is 10.2 Å². The molecule has 3 rings (SSSR count). The third kappa shape index (κ3) is 3.88. The molecule has 1 aliphatic heterocycles. The molecular weight excluding hydrogens is 266 g/mol. The number of aromatic nitrogens is 3. The first-order valence-electron chi connectivity index (χ1n) is 7.22. The SMILES string of the molecule is c1ccc(CCNc2nncc(N3CCOCC3)n2)cc1. The Morgan fingerprint density at radius 3 is 2.76 bits per heavy atom. The molecule has 1 saturated heterocycles. The van der Waals surface area contributed by atoms with Crippen LogP contribution in [0.25, 0.3) is 0 Å². The van der Waals surface area contributed by atoms with Gasteiger partial charge in [-0.3, -0.25) is 0 Å². The van der Waals surface area contributed by atoms with E-state index in [9.17, 15) is 0 Å². The molecule has 0 spiro atoms. The Labute approximate surface area is 124 Å². The van der Waals surface area contributed by atoms with Gasteiger partial charge in [0.05, 0.1) is 19.4 Å². The standard InChI is InChI=1S/C15H19N5O/c1-2-4-13(5-3-1)6-7-16-15-18-14(12-17-19-15)20-8-10-21-11-9-20/h1-5,12H,6-11H2,(H,16,18,19). The second kappa shape index (κ2) is 6.99. The third-order valence-corrected chi connectivity index (χ3v) is 3.42. The van der Waals surface area contributed by atoms with Gasteiger partial charge < -0.3 is 15.0 Å². The summed E-state index contributed by atoms with van der Waals surface area (Å²) in [6.07, 6.45) is 2.64. The first-order valence-corrected chi connectivity index (χ1v) is 7.22. The van der Waals surface area contributed by atoms with Crippen molar-refractivity contribution in [1.82, 2.24) is 15.2 Å². The predicted octanol–water partition coefficient (Wildman–Crippen LogP) is 1.36. The van der Waals surface area contributed by atoms with Gasteiger partial charge in [0, 0.05) is 19.6 Å². The van der Waals surface area contributed by atoms with Gasteiger partial charge in [-0.2, -0.15) is 10.1 Å². The van der Waals surface area contributed by atoms with Gasteiger partial charge >= 0.3 is 0 Å². The molecule has 0 atom stereocenters. The Hall–Kier alpha value is -2.21. The second-order valence-electron chi connectivity index (χ2n) is 4.90. The van der Waals surface area contributed by atoms with Crippen LogP contribution in [0.5, 0.6) is 0 Å². The van der Waals surface area contributed by atoms with E-state index in [1.54, 1.807) is 6.20 Å². The molecule has 6 nitrogen and oxygen atoms in total. The summed E-state index contributed by atoms with van der Waals surface area (Å²) >= 11 is 0. The van der Waals surface area contributed by atoms with E-state index in [-0.39, 0.29) is 0 Å². The number of rotatable bonds is 5. The highest BCUT2D eigenvalue weighted by molar-refractivity contribution is 5.40.